The van der Waals surface area contributed by atoms with Gasteiger partial charge in [0.05, 0.1) is 16.4 Å². The lowest BCUT2D eigenvalue weighted by Gasteiger charge is -2.09. The molecule has 144 valence electrons. The average Bonchev–Trinajstić information content (AvgIpc) is 3.11. The van der Waals surface area contributed by atoms with Crippen molar-refractivity contribution >= 4 is 29.0 Å². The molecule has 1 amide bonds. The van der Waals surface area contributed by atoms with Crippen LogP contribution in [0.5, 0.6) is 0 Å². The molecule has 3 rings (SSSR count). The van der Waals surface area contributed by atoms with Crippen LogP contribution in [0.4, 0.5) is 11.4 Å². The molecule has 28 heavy (non-hydrogen) atoms. The van der Waals surface area contributed by atoms with Crippen molar-refractivity contribution in [1.82, 2.24) is 19.7 Å². The molecule has 0 saturated carbocycles. The van der Waals surface area contributed by atoms with E-state index >= 15 is 0 Å². The molecule has 0 fully saturated rings. The summed E-state index contributed by atoms with van der Waals surface area (Å²) in [5.74, 6) is 0.517. The van der Waals surface area contributed by atoms with Crippen LogP contribution in [0.15, 0.2) is 47.9 Å². The maximum absolute atomic E-state index is 12.3. The van der Waals surface area contributed by atoms with Crippen LogP contribution in [0.3, 0.4) is 0 Å². The zero-order valence-electron chi connectivity index (χ0n) is 15.3. The third-order valence-corrected chi connectivity index (χ3v) is 4.96. The van der Waals surface area contributed by atoms with Crippen LogP contribution >= 0.6 is 11.8 Å². The van der Waals surface area contributed by atoms with E-state index in [0.29, 0.717) is 23.2 Å². The van der Waals surface area contributed by atoms with Gasteiger partial charge in [0, 0.05) is 36.6 Å². The Morgan fingerprint density at radius 3 is 2.82 bits per heavy atom. The molecule has 1 aromatic carbocycles. The fraction of sp³-hybridized carbons (Fsp3) is 0.222. The number of thioether (sulfide) groups is 1. The van der Waals surface area contributed by atoms with E-state index in [-0.39, 0.29) is 17.3 Å². The quantitative estimate of drug-likeness (QED) is 0.369. The van der Waals surface area contributed by atoms with Gasteiger partial charge in [0.2, 0.25) is 5.91 Å². The van der Waals surface area contributed by atoms with Crippen molar-refractivity contribution in [2.75, 3.05) is 11.1 Å². The second kappa shape index (κ2) is 8.61. The number of carbonyl (C=O) groups is 1. The number of amides is 1. The van der Waals surface area contributed by atoms with Crippen LogP contribution < -0.4 is 5.32 Å². The summed E-state index contributed by atoms with van der Waals surface area (Å²) in [4.78, 5) is 26.8. The van der Waals surface area contributed by atoms with E-state index in [9.17, 15) is 14.9 Å². The molecule has 0 unspecified atom stereocenters. The zero-order chi connectivity index (χ0) is 20.1. The third kappa shape index (κ3) is 4.34. The highest BCUT2D eigenvalue weighted by Gasteiger charge is 2.16. The predicted octanol–water partition coefficient (Wildman–Crippen LogP) is 3.31. The first-order chi connectivity index (χ1) is 13.5. The van der Waals surface area contributed by atoms with Gasteiger partial charge in [0.1, 0.15) is 0 Å². The van der Waals surface area contributed by atoms with E-state index in [1.165, 1.54) is 23.9 Å². The number of rotatable bonds is 7. The summed E-state index contributed by atoms with van der Waals surface area (Å²) in [6, 6.07) is 8.09. The van der Waals surface area contributed by atoms with Crippen molar-refractivity contribution in [2.45, 2.75) is 25.5 Å². The summed E-state index contributed by atoms with van der Waals surface area (Å²) in [5.41, 5.74) is 1.95. The normalized spacial score (nSPS) is 10.6. The minimum Gasteiger partial charge on any atom is -0.325 e. The number of benzene rings is 1. The predicted molar refractivity (Wildman–Crippen MR) is 106 cm³/mol. The van der Waals surface area contributed by atoms with Crippen molar-refractivity contribution in [3.05, 3.63) is 58.4 Å². The minimum absolute atomic E-state index is 0.0691. The van der Waals surface area contributed by atoms with E-state index in [4.69, 9.17) is 0 Å². The van der Waals surface area contributed by atoms with Crippen LogP contribution in [0.1, 0.15) is 12.5 Å². The first-order valence-electron chi connectivity index (χ1n) is 8.51. The maximum atomic E-state index is 12.3. The van der Waals surface area contributed by atoms with Crippen molar-refractivity contribution in [3.63, 3.8) is 0 Å². The van der Waals surface area contributed by atoms with Gasteiger partial charge < -0.3 is 9.88 Å². The summed E-state index contributed by atoms with van der Waals surface area (Å²) in [6.45, 7) is 4.39. The summed E-state index contributed by atoms with van der Waals surface area (Å²) in [7, 11) is 0. The molecule has 0 aliphatic heterocycles. The highest BCUT2D eigenvalue weighted by atomic mass is 32.2. The lowest BCUT2D eigenvalue weighted by molar-refractivity contribution is -0.384. The molecule has 0 aliphatic carbocycles. The number of hydrogen-bond acceptors (Lipinski definition) is 7. The molecule has 0 atom stereocenters. The smallest absolute Gasteiger partial charge is 0.271 e. The summed E-state index contributed by atoms with van der Waals surface area (Å²) >= 11 is 1.25. The number of carbonyl (C=O) groups excluding carboxylic acids is 1. The zero-order valence-corrected chi connectivity index (χ0v) is 16.1. The minimum atomic E-state index is -0.493. The molecular formula is C18H18N6O3S. The molecule has 0 saturated heterocycles. The fourth-order valence-corrected chi connectivity index (χ4v) is 3.37. The van der Waals surface area contributed by atoms with E-state index in [2.05, 4.69) is 20.5 Å². The Labute approximate surface area is 165 Å². The Bertz CT molecular complexity index is 1010. The van der Waals surface area contributed by atoms with Crippen LogP contribution in [0.2, 0.25) is 0 Å². The first-order valence-corrected chi connectivity index (χ1v) is 9.49. The lowest BCUT2D eigenvalue weighted by Crippen LogP contribution is -2.15. The van der Waals surface area contributed by atoms with E-state index in [1.807, 2.05) is 23.6 Å². The van der Waals surface area contributed by atoms with Gasteiger partial charge in [-0.05, 0) is 31.5 Å². The molecule has 0 radical (unpaired) electrons. The monoisotopic (exact) mass is 398 g/mol. The average molecular weight is 398 g/mol. The molecule has 2 aromatic heterocycles. The van der Waals surface area contributed by atoms with E-state index in [0.717, 1.165) is 11.1 Å². The number of anilines is 1. The van der Waals surface area contributed by atoms with Gasteiger partial charge in [-0.1, -0.05) is 17.8 Å². The standard InChI is InChI=1S/C18H18N6O3S/c1-3-23-17(13-5-4-8-19-10-13)21-22-18(23)28-11-16(25)20-15-9-14(24(26)27)7-6-12(15)2/h4-10H,3,11H2,1-2H3,(H,20,25). The molecule has 0 spiro atoms. The van der Waals surface area contributed by atoms with Gasteiger partial charge in [-0.3, -0.25) is 19.9 Å². The summed E-state index contributed by atoms with van der Waals surface area (Å²) < 4.78 is 1.91. The number of pyridine rings is 1. The number of aryl methyl sites for hydroxylation is 1. The van der Waals surface area contributed by atoms with Crippen LogP contribution in [-0.2, 0) is 11.3 Å². The highest BCUT2D eigenvalue weighted by Crippen LogP contribution is 2.25. The van der Waals surface area contributed by atoms with Gasteiger partial charge in [-0.2, -0.15) is 0 Å². The molecular weight excluding hydrogens is 380 g/mol. The van der Waals surface area contributed by atoms with Crippen LogP contribution in [0, 0.1) is 17.0 Å². The van der Waals surface area contributed by atoms with Crippen molar-refractivity contribution in [2.24, 2.45) is 0 Å². The number of aromatic nitrogens is 4. The third-order valence-electron chi connectivity index (χ3n) is 3.99. The topological polar surface area (TPSA) is 116 Å². The first kappa shape index (κ1) is 19.5. The molecule has 0 aliphatic rings. The molecule has 2 heterocycles. The van der Waals surface area contributed by atoms with Crippen molar-refractivity contribution in [1.29, 1.82) is 0 Å². The van der Waals surface area contributed by atoms with E-state index in [1.54, 1.807) is 25.4 Å². The number of nitro groups is 1. The summed E-state index contributed by atoms with van der Waals surface area (Å²) in [6.07, 6.45) is 3.40. The lowest BCUT2D eigenvalue weighted by atomic mass is 10.2. The molecule has 0 bridgehead atoms. The van der Waals surface area contributed by atoms with Gasteiger partial charge in [-0.15, -0.1) is 10.2 Å². The van der Waals surface area contributed by atoms with Gasteiger partial charge in [0.15, 0.2) is 11.0 Å². The fourth-order valence-electron chi connectivity index (χ4n) is 2.56. The van der Waals surface area contributed by atoms with E-state index < -0.39 is 4.92 Å². The highest BCUT2D eigenvalue weighted by molar-refractivity contribution is 7.99. The summed E-state index contributed by atoms with van der Waals surface area (Å²) in [5, 5.41) is 22.6. The Balaban J connectivity index is 1.70. The molecule has 9 nitrogen and oxygen atoms in total. The second-order valence-corrected chi connectivity index (χ2v) is 6.83. The Morgan fingerprint density at radius 1 is 1.32 bits per heavy atom. The Hall–Kier alpha value is -3.27. The molecule has 1 N–H and O–H groups in total. The van der Waals surface area contributed by atoms with Gasteiger partial charge in [0.25, 0.3) is 5.69 Å². The van der Waals surface area contributed by atoms with Crippen molar-refractivity contribution < 1.29 is 9.72 Å². The van der Waals surface area contributed by atoms with Crippen molar-refractivity contribution in [3.8, 4) is 11.4 Å². The van der Waals surface area contributed by atoms with Gasteiger partial charge in [-0.25, -0.2) is 0 Å². The maximum Gasteiger partial charge on any atom is 0.271 e. The number of nitrogens with zero attached hydrogens (tertiary/aromatic N) is 5. The Kier molecular flexibility index (Phi) is 5.99. The van der Waals surface area contributed by atoms with Crippen LogP contribution in [-0.4, -0.2) is 36.3 Å². The number of non-ortho nitro benzene ring substituents is 1. The molecule has 10 heteroatoms. The Morgan fingerprint density at radius 2 is 2.14 bits per heavy atom. The van der Waals surface area contributed by atoms with Gasteiger partial charge >= 0.3 is 0 Å². The molecule has 3 aromatic rings. The SMILES string of the molecule is CCn1c(SCC(=O)Nc2cc([N+](=O)[O-])ccc2C)nnc1-c1cccnc1. The number of hydrogen-bond donors (Lipinski definition) is 1. The number of nitro benzene ring substituents is 1. The largest absolute Gasteiger partial charge is 0.325 e. The number of nitrogens with one attached hydrogen (secondary N) is 1. The second-order valence-electron chi connectivity index (χ2n) is 5.89. The van der Waals surface area contributed by atoms with Crippen LogP contribution in [0.25, 0.3) is 11.4 Å².